The summed E-state index contributed by atoms with van der Waals surface area (Å²) in [6, 6.07) is 8.93. The number of nitrogens with zero attached hydrogens (tertiary/aromatic N) is 4. The highest BCUT2D eigenvalue weighted by atomic mass is 32.1. The maximum atomic E-state index is 11.1. The Morgan fingerprint density at radius 1 is 1.08 bits per heavy atom. The van der Waals surface area contributed by atoms with Gasteiger partial charge in [-0.1, -0.05) is 12.1 Å². The normalized spacial score (nSPS) is 14.9. The molecular weight excluding hydrogens is 340 g/mol. The van der Waals surface area contributed by atoms with E-state index in [1.54, 1.807) is 29.5 Å². The van der Waals surface area contributed by atoms with Crippen LogP contribution in [0.2, 0.25) is 0 Å². The van der Waals surface area contributed by atoms with E-state index in [0.717, 1.165) is 16.0 Å². The molecule has 2 N–H and O–H groups in total. The van der Waals surface area contributed by atoms with E-state index in [9.17, 15) is 9.90 Å². The summed E-state index contributed by atoms with van der Waals surface area (Å²) in [5.74, 6) is 1.40. The van der Waals surface area contributed by atoms with Crippen LogP contribution >= 0.6 is 11.3 Å². The van der Waals surface area contributed by atoms with Crippen LogP contribution in [0.1, 0.15) is 0 Å². The second-order valence-electron chi connectivity index (χ2n) is 5.78. The molecule has 0 unspecified atom stereocenters. The standard InChI is InChI=1S/C17H16N4O3S/c22-13-4-2-1-3-11(13)15-18-12-5-10-25-14(12)16(19-15)20-6-8-21(9-7-20)17(23)24/h1-5,10,22H,6-9H2,(H,23,24). The number of hydrogen-bond donors (Lipinski definition) is 2. The Bertz CT molecular complexity index is 935. The lowest BCUT2D eigenvalue weighted by Crippen LogP contribution is -2.48. The van der Waals surface area contributed by atoms with Crippen molar-refractivity contribution in [1.82, 2.24) is 14.9 Å². The first-order valence-electron chi connectivity index (χ1n) is 7.90. The smallest absolute Gasteiger partial charge is 0.407 e. The van der Waals surface area contributed by atoms with Crippen molar-refractivity contribution in [3.05, 3.63) is 35.7 Å². The van der Waals surface area contributed by atoms with Gasteiger partial charge in [0.1, 0.15) is 5.75 Å². The minimum atomic E-state index is -0.890. The second kappa shape index (κ2) is 6.21. The van der Waals surface area contributed by atoms with Crippen molar-refractivity contribution < 1.29 is 15.0 Å². The first-order chi connectivity index (χ1) is 12.1. The Hall–Kier alpha value is -2.87. The van der Waals surface area contributed by atoms with Crippen LogP contribution in [0, 0.1) is 0 Å². The third kappa shape index (κ3) is 2.85. The highest BCUT2D eigenvalue weighted by Gasteiger charge is 2.24. The summed E-state index contributed by atoms with van der Waals surface area (Å²) in [5, 5.41) is 21.2. The van der Waals surface area contributed by atoms with E-state index in [1.165, 1.54) is 4.90 Å². The number of benzene rings is 1. The van der Waals surface area contributed by atoms with Crippen LogP contribution < -0.4 is 4.90 Å². The number of thiophene rings is 1. The Morgan fingerprint density at radius 2 is 1.84 bits per heavy atom. The molecule has 1 aliphatic rings. The largest absolute Gasteiger partial charge is 0.507 e. The summed E-state index contributed by atoms with van der Waals surface area (Å²) < 4.78 is 0.975. The minimum absolute atomic E-state index is 0.138. The number of anilines is 1. The highest BCUT2D eigenvalue weighted by molar-refractivity contribution is 7.17. The van der Waals surface area contributed by atoms with Crippen LogP contribution in [0.4, 0.5) is 10.6 Å². The quantitative estimate of drug-likeness (QED) is 0.734. The molecule has 4 rings (SSSR count). The van der Waals surface area contributed by atoms with Crippen LogP contribution in [0.3, 0.4) is 0 Å². The third-order valence-corrected chi connectivity index (χ3v) is 5.18. The molecule has 3 aromatic rings. The lowest BCUT2D eigenvalue weighted by Gasteiger charge is -2.34. The summed E-state index contributed by atoms with van der Waals surface area (Å²) in [7, 11) is 0. The number of carbonyl (C=O) groups is 1. The predicted molar refractivity (Wildman–Crippen MR) is 96.3 cm³/mol. The van der Waals surface area contributed by atoms with Gasteiger partial charge in [-0.3, -0.25) is 0 Å². The SMILES string of the molecule is O=C(O)N1CCN(c2nc(-c3ccccc3O)nc3ccsc23)CC1. The van der Waals surface area contributed by atoms with Crippen molar-refractivity contribution >= 4 is 33.5 Å². The summed E-state index contributed by atoms with van der Waals surface area (Å²) in [5.41, 5.74) is 1.41. The molecule has 1 amide bonds. The van der Waals surface area contributed by atoms with Gasteiger partial charge in [0.25, 0.3) is 0 Å². The fraction of sp³-hybridized carbons (Fsp3) is 0.235. The molecule has 7 nitrogen and oxygen atoms in total. The average molecular weight is 356 g/mol. The Labute approximate surface area is 147 Å². The maximum Gasteiger partial charge on any atom is 0.407 e. The number of aromatic nitrogens is 2. The van der Waals surface area contributed by atoms with Gasteiger partial charge in [-0.05, 0) is 23.6 Å². The number of amides is 1. The van der Waals surface area contributed by atoms with Gasteiger partial charge in [0, 0.05) is 26.2 Å². The molecule has 1 aliphatic heterocycles. The van der Waals surface area contributed by atoms with Crippen molar-refractivity contribution in [3.8, 4) is 17.1 Å². The van der Waals surface area contributed by atoms with E-state index in [4.69, 9.17) is 10.1 Å². The summed E-state index contributed by atoms with van der Waals surface area (Å²) >= 11 is 1.56. The number of aromatic hydroxyl groups is 1. The van der Waals surface area contributed by atoms with Crippen molar-refractivity contribution in [2.45, 2.75) is 0 Å². The third-order valence-electron chi connectivity index (χ3n) is 4.28. The van der Waals surface area contributed by atoms with Gasteiger partial charge in [0.15, 0.2) is 11.6 Å². The Kier molecular flexibility index (Phi) is 3.89. The van der Waals surface area contributed by atoms with Gasteiger partial charge >= 0.3 is 6.09 Å². The van der Waals surface area contributed by atoms with Gasteiger partial charge in [0.05, 0.1) is 15.8 Å². The Morgan fingerprint density at radius 3 is 2.56 bits per heavy atom. The monoisotopic (exact) mass is 356 g/mol. The van der Waals surface area contributed by atoms with E-state index in [0.29, 0.717) is 37.6 Å². The molecule has 1 fully saturated rings. The fourth-order valence-corrected chi connectivity index (χ4v) is 3.80. The molecule has 8 heteroatoms. The van der Waals surface area contributed by atoms with E-state index in [2.05, 4.69) is 9.88 Å². The molecule has 3 heterocycles. The van der Waals surface area contributed by atoms with Crippen molar-refractivity contribution in [1.29, 1.82) is 0 Å². The molecule has 0 saturated carbocycles. The molecule has 1 aromatic carbocycles. The van der Waals surface area contributed by atoms with Gasteiger partial charge in [-0.25, -0.2) is 14.8 Å². The molecule has 25 heavy (non-hydrogen) atoms. The number of carboxylic acid groups (broad SMARTS) is 1. The zero-order valence-corrected chi connectivity index (χ0v) is 14.1. The van der Waals surface area contributed by atoms with Crippen LogP contribution in [-0.4, -0.2) is 57.4 Å². The molecular formula is C17H16N4O3S. The number of rotatable bonds is 2. The second-order valence-corrected chi connectivity index (χ2v) is 6.70. The lowest BCUT2D eigenvalue weighted by molar-refractivity contribution is 0.142. The zero-order chi connectivity index (χ0) is 17.4. The molecule has 0 radical (unpaired) electrons. The first-order valence-corrected chi connectivity index (χ1v) is 8.78. The van der Waals surface area contributed by atoms with Crippen LogP contribution in [0.15, 0.2) is 35.7 Å². The van der Waals surface area contributed by atoms with E-state index >= 15 is 0 Å². The number of piperazine rings is 1. The summed E-state index contributed by atoms with van der Waals surface area (Å²) in [6.07, 6.45) is -0.890. The van der Waals surface area contributed by atoms with E-state index < -0.39 is 6.09 Å². The van der Waals surface area contributed by atoms with Gasteiger partial charge < -0.3 is 20.0 Å². The van der Waals surface area contributed by atoms with Crippen LogP contribution in [-0.2, 0) is 0 Å². The predicted octanol–water partition coefficient (Wildman–Crippen LogP) is 2.86. The van der Waals surface area contributed by atoms with E-state index in [1.807, 2.05) is 17.5 Å². The number of fused-ring (bicyclic) bond motifs is 1. The van der Waals surface area contributed by atoms with E-state index in [-0.39, 0.29) is 5.75 Å². The van der Waals surface area contributed by atoms with Gasteiger partial charge in [0.2, 0.25) is 0 Å². The summed E-state index contributed by atoms with van der Waals surface area (Å²) in [4.78, 5) is 23.9. The van der Waals surface area contributed by atoms with Crippen molar-refractivity contribution in [2.75, 3.05) is 31.1 Å². The average Bonchev–Trinajstić information content (AvgIpc) is 3.10. The lowest BCUT2D eigenvalue weighted by atomic mass is 10.2. The molecule has 0 aliphatic carbocycles. The van der Waals surface area contributed by atoms with Crippen LogP contribution in [0.25, 0.3) is 21.6 Å². The molecule has 1 saturated heterocycles. The van der Waals surface area contributed by atoms with Gasteiger partial charge in [-0.15, -0.1) is 11.3 Å². The topological polar surface area (TPSA) is 89.8 Å². The number of hydrogen-bond acceptors (Lipinski definition) is 6. The van der Waals surface area contributed by atoms with Crippen LogP contribution in [0.5, 0.6) is 5.75 Å². The van der Waals surface area contributed by atoms with Gasteiger partial charge in [-0.2, -0.15) is 0 Å². The molecule has 0 spiro atoms. The molecule has 0 atom stereocenters. The first kappa shape index (κ1) is 15.6. The minimum Gasteiger partial charge on any atom is -0.507 e. The zero-order valence-electron chi connectivity index (χ0n) is 13.3. The van der Waals surface area contributed by atoms with Crippen molar-refractivity contribution in [3.63, 3.8) is 0 Å². The molecule has 0 bridgehead atoms. The number of phenolic OH excluding ortho intramolecular Hbond substituents is 1. The number of para-hydroxylation sites is 1. The highest BCUT2D eigenvalue weighted by Crippen LogP contribution is 2.34. The van der Waals surface area contributed by atoms with Crippen molar-refractivity contribution in [2.24, 2.45) is 0 Å². The maximum absolute atomic E-state index is 11.1. The Balaban J connectivity index is 1.75. The summed E-state index contributed by atoms with van der Waals surface area (Å²) in [6.45, 7) is 2.04. The molecule has 2 aromatic heterocycles. The fourth-order valence-electron chi connectivity index (χ4n) is 2.96. The number of phenols is 1. The molecule has 128 valence electrons.